The fraction of sp³-hybridized carbons (Fsp3) is 0.382. The number of aryl methyl sites for hydroxylation is 1. The Bertz CT molecular complexity index is 1520. The van der Waals surface area contributed by atoms with Crippen molar-refractivity contribution in [3.63, 3.8) is 0 Å². The van der Waals surface area contributed by atoms with Gasteiger partial charge in [-0.25, -0.2) is 8.42 Å². The smallest absolute Gasteiger partial charge is 0.244 e. The van der Waals surface area contributed by atoms with Crippen molar-refractivity contribution in [3.8, 4) is 0 Å². The summed E-state index contributed by atoms with van der Waals surface area (Å²) >= 11 is 0. The van der Waals surface area contributed by atoms with Crippen LogP contribution in [0.4, 0.5) is 5.69 Å². The highest BCUT2D eigenvalue weighted by atomic mass is 32.2. The van der Waals surface area contributed by atoms with Gasteiger partial charge in [-0.15, -0.1) is 0 Å². The van der Waals surface area contributed by atoms with E-state index in [0.29, 0.717) is 5.56 Å². The zero-order chi connectivity index (χ0) is 31.0. The second-order valence-electron chi connectivity index (χ2n) is 11.4. The molecule has 0 aliphatic heterocycles. The molecule has 0 spiro atoms. The monoisotopic (exact) mass is 603 g/mol. The minimum Gasteiger partial charge on any atom is -0.352 e. The molecule has 1 atom stereocenters. The zero-order valence-electron chi connectivity index (χ0n) is 25.2. The molecule has 1 N–H and O–H groups in total. The van der Waals surface area contributed by atoms with Gasteiger partial charge in [0.15, 0.2) is 5.78 Å². The summed E-state index contributed by atoms with van der Waals surface area (Å²) in [7, 11) is -3.92. The van der Waals surface area contributed by atoms with Crippen LogP contribution in [0.2, 0.25) is 0 Å². The summed E-state index contributed by atoms with van der Waals surface area (Å²) in [5.41, 5.74) is 3.33. The highest BCUT2D eigenvalue weighted by Gasteiger charge is 2.34. The maximum atomic E-state index is 14.3. The average Bonchev–Trinajstić information content (AvgIpc) is 2.99. The predicted octanol–water partition coefficient (Wildman–Crippen LogP) is 5.05. The lowest BCUT2D eigenvalue weighted by Gasteiger charge is -2.35. The van der Waals surface area contributed by atoms with Gasteiger partial charge in [-0.2, -0.15) is 0 Å². The van der Waals surface area contributed by atoms with E-state index >= 15 is 0 Å². The van der Waals surface area contributed by atoms with Crippen LogP contribution in [0.25, 0.3) is 0 Å². The summed E-state index contributed by atoms with van der Waals surface area (Å²) in [6.07, 6.45) is 6.32. The predicted molar refractivity (Wildman–Crippen MR) is 169 cm³/mol. The molecule has 2 amide bonds. The Morgan fingerprint density at radius 2 is 1.56 bits per heavy atom. The van der Waals surface area contributed by atoms with Crippen LogP contribution >= 0.6 is 0 Å². The lowest BCUT2D eigenvalue weighted by atomic mass is 9.94. The molecule has 0 aromatic heterocycles. The second kappa shape index (κ2) is 14.5. The van der Waals surface area contributed by atoms with Crippen molar-refractivity contribution in [2.45, 2.75) is 71.0 Å². The third kappa shape index (κ3) is 9.00. The van der Waals surface area contributed by atoms with Crippen molar-refractivity contribution in [1.82, 2.24) is 10.2 Å². The molecule has 1 saturated carbocycles. The summed E-state index contributed by atoms with van der Waals surface area (Å²) in [5.74, 6) is -0.982. The molecule has 4 rings (SSSR count). The van der Waals surface area contributed by atoms with E-state index in [4.69, 9.17) is 0 Å². The first-order valence-electron chi connectivity index (χ1n) is 14.8. The molecular weight excluding hydrogens is 562 g/mol. The van der Waals surface area contributed by atoms with E-state index in [-0.39, 0.29) is 36.4 Å². The third-order valence-electron chi connectivity index (χ3n) is 7.92. The van der Waals surface area contributed by atoms with Crippen LogP contribution in [0.15, 0.2) is 78.9 Å². The number of nitrogens with zero attached hydrogens (tertiary/aromatic N) is 2. The zero-order valence-corrected chi connectivity index (χ0v) is 26.0. The van der Waals surface area contributed by atoms with Crippen LogP contribution in [-0.2, 0) is 32.6 Å². The van der Waals surface area contributed by atoms with Crippen LogP contribution in [0.5, 0.6) is 0 Å². The number of hydrogen-bond acceptors (Lipinski definition) is 5. The number of rotatable bonds is 12. The molecule has 9 heteroatoms. The Morgan fingerprint density at radius 1 is 0.884 bits per heavy atom. The van der Waals surface area contributed by atoms with Crippen molar-refractivity contribution in [3.05, 3.63) is 101 Å². The molecule has 0 unspecified atom stereocenters. The van der Waals surface area contributed by atoms with Crippen LogP contribution in [0.3, 0.4) is 0 Å². The summed E-state index contributed by atoms with van der Waals surface area (Å²) < 4.78 is 27.0. The van der Waals surface area contributed by atoms with Gasteiger partial charge in [0, 0.05) is 24.6 Å². The van der Waals surface area contributed by atoms with Gasteiger partial charge >= 0.3 is 0 Å². The number of carbonyl (C=O) groups excluding carboxylic acids is 3. The Kier molecular flexibility index (Phi) is 10.7. The number of anilines is 1. The Balaban J connectivity index is 1.73. The molecular formula is C34H41N3O5S. The molecule has 8 nitrogen and oxygen atoms in total. The normalized spacial score (nSPS) is 14.5. The van der Waals surface area contributed by atoms with E-state index in [1.54, 1.807) is 18.2 Å². The van der Waals surface area contributed by atoms with Crippen LogP contribution < -0.4 is 9.62 Å². The van der Waals surface area contributed by atoms with E-state index in [9.17, 15) is 22.8 Å². The van der Waals surface area contributed by atoms with Gasteiger partial charge in [-0.3, -0.25) is 18.7 Å². The Labute approximate surface area is 255 Å². The molecule has 0 saturated heterocycles. The molecule has 0 radical (unpaired) electrons. The summed E-state index contributed by atoms with van der Waals surface area (Å²) in [4.78, 5) is 41.8. The molecule has 43 heavy (non-hydrogen) atoms. The van der Waals surface area contributed by atoms with Crippen LogP contribution in [-0.4, -0.2) is 55.8 Å². The number of amides is 2. The van der Waals surface area contributed by atoms with Gasteiger partial charge in [-0.1, -0.05) is 91.6 Å². The summed E-state index contributed by atoms with van der Waals surface area (Å²) in [6, 6.07) is 22.6. The highest BCUT2D eigenvalue weighted by molar-refractivity contribution is 7.92. The fourth-order valence-corrected chi connectivity index (χ4v) is 6.32. The number of nitrogens with one attached hydrogen (secondary N) is 1. The largest absolute Gasteiger partial charge is 0.352 e. The van der Waals surface area contributed by atoms with Crippen molar-refractivity contribution >= 4 is 33.3 Å². The number of ketones is 1. The van der Waals surface area contributed by atoms with Gasteiger partial charge in [0.1, 0.15) is 12.6 Å². The Morgan fingerprint density at radius 3 is 2.19 bits per heavy atom. The maximum Gasteiger partial charge on any atom is 0.244 e. The standard InChI is InChI=1S/C34H41N3O5S/c1-25-17-19-28(20-18-25)23-36(33(39)24-37(43(3,41)42)31-16-10-13-29(22-31)26(2)38)32(21-27-11-6-4-7-12-27)34(40)35-30-14-8-5-9-15-30/h4,6-7,10-13,16-20,22,30,32H,5,8-9,14-15,21,23-24H2,1-3H3,(H,35,40)/t32-/m0/s1. The lowest BCUT2D eigenvalue weighted by Crippen LogP contribution is -2.55. The van der Waals surface area contributed by atoms with E-state index in [1.165, 1.54) is 17.9 Å². The molecule has 3 aromatic rings. The molecule has 3 aromatic carbocycles. The van der Waals surface area contributed by atoms with Gasteiger partial charge in [-0.05, 0) is 49.9 Å². The van der Waals surface area contributed by atoms with E-state index < -0.39 is 28.5 Å². The van der Waals surface area contributed by atoms with Crippen LogP contribution in [0, 0.1) is 6.92 Å². The highest BCUT2D eigenvalue weighted by Crippen LogP contribution is 2.23. The van der Waals surface area contributed by atoms with Crippen molar-refractivity contribution in [2.24, 2.45) is 0 Å². The molecule has 1 aliphatic rings. The van der Waals surface area contributed by atoms with Gasteiger partial charge in [0.25, 0.3) is 0 Å². The number of hydrogen-bond donors (Lipinski definition) is 1. The first kappa shape index (κ1) is 31.9. The van der Waals surface area contributed by atoms with Crippen molar-refractivity contribution < 1.29 is 22.8 Å². The number of sulfonamides is 1. The Hall–Kier alpha value is -3.98. The van der Waals surface area contributed by atoms with Crippen molar-refractivity contribution in [2.75, 3.05) is 17.1 Å². The third-order valence-corrected chi connectivity index (χ3v) is 9.06. The van der Waals surface area contributed by atoms with Crippen LogP contribution in [0.1, 0.15) is 66.1 Å². The molecule has 0 heterocycles. The minimum absolute atomic E-state index is 0.0395. The lowest BCUT2D eigenvalue weighted by molar-refractivity contribution is -0.140. The van der Waals surface area contributed by atoms with Gasteiger partial charge in [0.05, 0.1) is 11.9 Å². The molecule has 228 valence electrons. The molecule has 1 fully saturated rings. The average molecular weight is 604 g/mol. The van der Waals surface area contributed by atoms with E-state index in [2.05, 4.69) is 5.32 Å². The minimum atomic E-state index is -3.92. The topological polar surface area (TPSA) is 104 Å². The number of carbonyl (C=O) groups is 3. The van der Waals surface area contributed by atoms with Gasteiger partial charge in [0.2, 0.25) is 21.8 Å². The quantitative estimate of drug-likeness (QED) is 0.292. The maximum absolute atomic E-state index is 14.3. The summed E-state index contributed by atoms with van der Waals surface area (Å²) in [6.45, 7) is 2.98. The van der Waals surface area contributed by atoms with Crippen molar-refractivity contribution in [1.29, 1.82) is 0 Å². The number of Topliss-reactive ketones (excluding diaryl/α,β-unsaturated/α-hetero) is 1. The van der Waals surface area contributed by atoms with E-state index in [0.717, 1.165) is 59.4 Å². The number of benzene rings is 3. The SMILES string of the molecule is CC(=O)c1cccc(N(CC(=O)N(Cc2ccc(C)cc2)[C@@H](Cc2ccccc2)C(=O)NC2CCCCC2)S(C)(=O)=O)c1. The molecule has 1 aliphatic carbocycles. The second-order valence-corrected chi connectivity index (χ2v) is 13.3. The summed E-state index contributed by atoms with van der Waals surface area (Å²) in [5, 5.41) is 3.20. The van der Waals surface area contributed by atoms with Gasteiger partial charge < -0.3 is 10.2 Å². The first-order chi connectivity index (χ1) is 20.5. The first-order valence-corrected chi connectivity index (χ1v) is 16.6. The molecule has 0 bridgehead atoms. The fourth-order valence-electron chi connectivity index (χ4n) is 5.48. The van der Waals surface area contributed by atoms with E-state index in [1.807, 2.05) is 61.5 Å².